The molecule has 5 heteroatoms. The summed E-state index contributed by atoms with van der Waals surface area (Å²) in [4.78, 5) is 26.7. The van der Waals surface area contributed by atoms with Crippen molar-refractivity contribution in [2.45, 2.75) is 33.1 Å². The highest BCUT2D eigenvalue weighted by Gasteiger charge is 2.39. The molecule has 140 valence electrons. The number of carbonyl (C=O) groups is 2. The minimum Gasteiger partial charge on any atom is -0.494 e. The highest BCUT2D eigenvalue weighted by atomic mass is 35.5. The van der Waals surface area contributed by atoms with Crippen molar-refractivity contribution in [3.05, 3.63) is 64.7 Å². The molecular formula is C22H22ClNO3. The van der Waals surface area contributed by atoms with Crippen molar-refractivity contribution in [3.63, 3.8) is 0 Å². The first kappa shape index (κ1) is 19.2. The largest absolute Gasteiger partial charge is 0.494 e. The third-order valence-electron chi connectivity index (χ3n) is 4.49. The van der Waals surface area contributed by atoms with Crippen LogP contribution in [0.3, 0.4) is 0 Å². The van der Waals surface area contributed by atoms with Crippen LogP contribution >= 0.6 is 11.6 Å². The molecule has 4 nitrogen and oxygen atoms in total. The molecule has 1 aliphatic heterocycles. The average Bonchev–Trinajstić information content (AvgIpc) is 2.90. The summed E-state index contributed by atoms with van der Waals surface area (Å²) in [5.74, 6) is -0.198. The molecule has 0 saturated carbocycles. The molecule has 0 aliphatic carbocycles. The SMILES string of the molecule is CCCCc1ccc(N2C(=O)C(Cl)=C(c3ccc(OCC)cc3)C2=O)cc1. The second kappa shape index (κ2) is 8.40. The van der Waals surface area contributed by atoms with E-state index in [1.165, 1.54) is 5.56 Å². The molecule has 1 aliphatic rings. The van der Waals surface area contributed by atoms with Crippen LogP contribution in [0.1, 0.15) is 37.8 Å². The lowest BCUT2D eigenvalue weighted by molar-refractivity contribution is -0.119. The molecule has 1 heterocycles. The predicted molar refractivity (Wildman–Crippen MR) is 108 cm³/mol. The number of unbranched alkanes of at least 4 members (excludes halogenated alkanes) is 1. The number of aryl methyl sites for hydroxylation is 1. The van der Waals surface area contributed by atoms with Gasteiger partial charge in [0, 0.05) is 0 Å². The third-order valence-corrected chi connectivity index (χ3v) is 4.85. The van der Waals surface area contributed by atoms with Gasteiger partial charge in [-0.25, -0.2) is 4.90 Å². The maximum absolute atomic E-state index is 12.9. The number of hydrogen-bond donors (Lipinski definition) is 0. The fraction of sp³-hybridized carbons (Fsp3) is 0.273. The van der Waals surface area contributed by atoms with Crippen molar-refractivity contribution in [3.8, 4) is 5.75 Å². The molecule has 0 radical (unpaired) electrons. The number of carbonyl (C=O) groups excluding carboxylic acids is 2. The molecule has 27 heavy (non-hydrogen) atoms. The smallest absolute Gasteiger partial charge is 0.277 e. The Hall–Kier alpha value is -2.59. The quantitative estimate of drug-likeness (QED) is 0.635. The van der Waals surface area contributed by atoms with Crippen molar-refractivity contribution in [1.29, 1.82) is 0 Å². The number of ether oxygens (including phenoxy) is 1. The van der Waals surface area contributed by atoms with Gasteiger partial charge in [-0.05, 0) is 55.2 Å². The number of imide groups is 1. The number of nitrogens with zero attached hydrogens (tertiary/aromatic N) is 1. The van der Waals surface area contributed by atoms with Crippen LogP contribution < -0.4 is 9.64 Å². The van der Waals surface area contributed by atoms with E-state index in [9.17, 15) is 9.59 Å². The summed E-state index contributed by atoms with van der Waals surface area (Å²) in [6.45, 7) is 4.60. The lowest BCUT2D eigenvalue weighted by Crippen LogP contribution is -2.31. The van der Waals surface area contributed by atoms with E-state index in [-0.39, 0.29) is 10.6 Å². The molecule has 0 unspecified atom stereocenters. The minimum absolute atomic E-state index is 0.0563. The Morgan fingerprint density at radius 2 is 1.59 bits per heavy atom. The molecule has 2 aromatic rings. The van der Waals surface area contributed by atoms with Gasteiger partial charge in [0.25, 0.3) is 11.8 Å². The van der Waals surface area contributed by atoms with Gasteiger partial charge in [0.15, 0.2) is 0 Å². The molecule has 0 bridgehead atoms. The van der Waals surface area contributed by atoms with Crippen molar-refractivity contribution in [1.82, 2.24) is 0 Å². The second-order valence-corrected chi connectivity index (χ2v) is 6.74. The molecule has 2 amide bonds. The third kappa shape index (κ3) is 3.91. The summed E-state index contributed by atoms with van der Waals surface area (Å²) >= 11 is 6.24. The van der Waals surface area contributed by atoms with Gasteiger partial charge in [-0.15, -0.1) is 0 Å². The molecule has 0 fully saturated rings. The Bertz CT molecular complexity index is 869. The van der Waals surface area contributed by atoms with E-state index >= 15 is 0 Å². The number of hydrogen-bond acceptors (Lipinski definition) is 3. The van der Waals surface area contributed by atoms with Gasteiger partial charge >= 0.3 is 0 Å². The minimum atomic E-state index is -0.494. The maximum Gasteiger partial charge on any atom is 0.277 e. The van der Waals surface area contributed by atoms with E-state index in [4.69, 9.17) is 16.3 Å². The molecular weight excluding hydrogens is 362 g/mol. The van der Waals surface area contributed by atoms with Crippen LogP contribution in [0.5, 0.6) is 5.75 Å². The standard InChI is InChI=1S/C22H22ClNO3/c1-3-5-6-15-7-11-17(12-8-15)24-21(25)19(20(23)22(24)26)16-9-13-18(14-10-16)27-4-2/h7-14H,3-6H2,1-2H3. The number of amides is 2. The fourth-order valence-electron chi connectivity index (χ4n) is 3.06. The normalized spacial score (nSPS) is 14.3. The van der Waals surface area contributed by atoms with E-state index in [0.29, 0.717) is 23.6 Å². The van der Waals surface area contributed by atoms with Gasteiger partial charge in [-0.2, -0.15) is 0 Å². The number of halogens is 1. The van der Waals surface area contributed by atoms with E-state index < -0.39 is 11.8 Å². The van der Waals surface area contributed by atoms with Crippen LogP contribution in [0.15, 0.2) is 53.6 Å². The van der Waals surface area contributed by atoms with Crippen LogP contribution in [-0.4, -0.2) is 18.4 Å². The summed E-state index contributed by atoms with van der Waals surface area (Å²) in [7, 11) is 0. The number of rotatable bonds is 7. The Morgan fingerprint density at radius 3 is 2.19 bits per heavy atom. The lowest BCUT2D eigenvalue weighted by Gasteiger charge is -2.15. The van der Waals surface area contributed by atoms with Gasteiger partial charge < -0.3 is 4.74 Å². The van der Waals surface area contributed by atoms with Crippen LogP contribution in [0, 0.1) is 0 Å². The zero-order valence-electron chi connectivity index (χ0n) is 15.5. The van der Waals surface area contributed by atoms with E-state index in [1.807, 2.05) is 19.1 Å². The topological polar surface area (TPSA) is 46.6 Å². The zero-order chi connectivity index (χ0) is 19.4. The van der Waals surface area contributed by atoms with Gasteiger partial charge in [-0.3, -0.25) is 9.59 Å². The Kier molecular flexibility index (Phi) is 5.97. The second-order valence-electron chi connectivity index (χ2n) is 6.36. The Morgan fingerprint density at radius 1 is 0.926 bits per heavy atom. The Labute approximate surface area is 164 Å². The highest BCUT2D eigenvalue weighted by molar-refractivity contribution is 6.60. The zero-order valence-corrected chi connectivity index (χ0v) is 16.3. The van der Waals surface area contributed by atoms with Gasteiger partial charge in [0.05, 0.1) is 17.9 Å². The van der Waals surface area contributed by atoms with Crippen LogP contribution in [-0.2, 0) is 16.0 Å². The molecule has 0 saturated heterocycles. The van der Waals surface area contributed by atoms with Crippen molar-refractivity contribution in [2.75, 3.05) is 11.5 Å². The van der Waals surface area contributed by atoms with Crippen LogP contribution in [0.2, 0.25) is 0 Å². The first-order chi connectivity index (χ1) is 13.1. The summed E-state index contributed by atoms with van der Waals surface area (Å²) in [6, 6.07) is 14.5. The summed E-state index contributed by atoms with van der Waals surface area (Å²) in [5.41, 5.74) is 2.54. The van der Waals surface area contributed by atoms with Crippen molar-refractivity contribution < 1.29 is 14.3 Å². The fourth-order valence-corrected chi connectivity index (χ4v) is 3.34. The summed E-state index contributed by atoms with van der Waals surface area (Å²) in [6.07, 6.45) is 3.21. The first-order valence-corrected chi connectivity index (χ1v) is 9.55. The monoisotopic (exact) mass is 383 g/mol. The Balaban J connectivity index is 1.85. The average molecular weight is 384 g/mol. The van der Waals surface area contributed by atoms with Crippen LogP contribution in [0.25, 0.3) is 5.57 Å². The number of benzene rings is 2. The summed E-state index contributed by atoms with van der Waals surface area (Å²) in [5, 5.41) is -0.0563. The van der Waals surface area contributed by atoms with E-state index in [0.717, 1.165) is 24.2 Å². The molecule has 2 aromatic carbocycles. The molecule has 0 spiro atoms. The molecule has 0 aromatic heterocycles. The molecule has 3 rings (SSSR count). The van der Waals surface area contributed by atoms with E-state index in [2.05, 4.69) is 6.92 Å². The predicted octanol–water partition coefficient (Wildman–Crippen LogP) is 4.95. The van der Waals surface area contributed by atoms with E-state index in [1.54, 1.807) is 36.4 Å². The highest BCUT2D eigenvalue weighted by Crippen LogP contribution is 2.35. The van der Waals surface area contributed by atoms with Gasteiger partial charge in [0.1, 0.15) is 10.8 Å². The van der Waals surface area contributed by atoms with Crippen LogP contribution in [0.4, 0.5) is 5.69 Å². The maximum atomic E-state index is 12.9. The summed E-state index contributed by atoms with van der Waals surface area (Å²) < 4.78 is 5.42. The van der Waals surface area contributed by atoms with Crippen molar-refractivity contribution >= 4 is 34.7 Å². The van der Waals surface area contributed by atoms with Gasteiger partial charge in [-0.1, -0.05) is 49.2 Å². The van der Waals surface area contributed by atoms with Gasteiger partial charge in [0.2, 0.25) is 0 Å². The lowest BCUT2D eigenvalue weighted by atomic mass is 10.1. The molecule has 0 N–H and O–H groups in total. The number of anilines is 1. The molecule has 0 atom stereocenters. The van der Waals surface area contributed by atoms with Crippen molar-refractivity contribution in [2.24, 2.45) is 0 Å². The first-order valence-electron chi connectivity index (χ1n) is 9.17.